The van der Waals surface area contributed by atoms with E-state index in [1.807, 2.05) is 6.92 Å². The van der Waals surface area contributed by atoms with Gasteiger partial charge in [-0.1, -0.05) is 0 Å². The second-order valence-corrected chi connectivity index (χ2v) is 3.63. The fraction of sp³-hybridized carbons (Fsp3) is 0.857. The van der Waals surface area contributed by atoms with Crippen LogP contribution < -0.4 is 5.32 Å². The first-order valence-electron chi connectivity index (χ1n) is 3.83. The van der Waals surface area contributed by atoms with Gasteiger partial charge in [0, 0.05) is 18.8 Å². The molecule has 0 bridgehead atoms. The largest absolute Gasteiger partial charge is 0.465 e. The normalized spacial score (nSPS) is 24.6. The third kappa shape index (κ3) is 2.71. The van der Waals surface area contributed by atoms with Crippen molar-refractivity contribution in [1.29, 1.82) is 0 Å². The summed E-state index contributed by atoms with van der Waals surface area (Å²) in [6.45, 7) is 4.07. The van der Waals surface area contributed by atoms with Crippen LogP contribution in [0.25, 0.3) is 0 Å². The lowest BCUT2D eigenvalue weighted by Crippen LogP contribution is -2.38. The van der Waals surface area contributed by atoms with Crippen LogP contribution in [0.1, 0.15) is 6.92 Å². The van der Waals surface area contributed by atoms with Gasteiger partial charge in [0.05, 0.1) is 6.61 Å². The highest BCUT2D eigenvalue weighted by Crippen LogP contribution is 2.14. The maximum Gasteiger partial charge on any atom is 0.320 e. The van der Waals surface area contributed by atoms with Crippen LogP contribution in [0.5, 0.6) is 0 Å². The van der Waals surface area contributed by atoms with E-state index in [0.717, 1.165) is 18.8 Å². The van der Waals surface area contributed by atoms with Gasteiger partial charge in [-0.3, -0.25) is 4.79 Å². The van der Waals surface area contributed by atoms with E-state index in [2.05, 4.69) is 5.32 Å². The molecule has 1 saturated heterocycles. The first kappa shape index (κ1) is 8.87. The lowest BCUT2D eigenvalue weighted by molar-refractivity contribution is -0.142. The molecule has 0 aromatic heterocycles. The molecule has 1 heterocycles. The lowest BCUT2D eigenvalue weighted by Gasteiger charge is -2.20. The number of nitrogens with one attached hydrogen (secondary N) is 1. The molecule has 0 spiro atoms. The topological polar surface area (TPSA) is 38.3 Å². The van der Waals surface area contributed by atoms with Gasteiger partial charge in [0.15, 0.2) is 0 Å². The van der Waals surface area contributed by atoms with Crippen LogP contribution in [0.15, 0.2) is 0 Å². The van der Waals surface area contributed by atoms with Gasteiger partial charge in [0.2, 0.25) is 0 Å². The Kier molecular flexibility index (Phi) is 3.72. The fourth-order valence-electron chi connectivity index (χ4n) is 0.952. The molecule has 1 aliphatic heterocycles. The number of ether oxygens (including phenoxy) is 1. The van der Waals surface area contributed by atoms with Crippen LogP contribution in [0, 0.1) is 0 Å². The molecule has 4 heteroatoms. The van der Waals surface area contributed by atoms with Crippen molar-refractivity contribution in [3.8, 4) is 0 Å². The molecule has 0 radical (unpaired) electrons. The van der Waals surface area contributed by atoms with Gasteiger partial charge in [-0.05, 0) is 6.92 Å². The van der Waals surface area contributed by atoms with E-state index >= 15 is 0 Å². The summed E-state index contributed by atoms with van der Waals surface area (Å²) in [5.41, 5.74) is 0. The average Bonchev–Trinajstić information content (AvgIpc) is 2.07. The Morgan fingerprint density at radius 3 is 3.18 bits per heavy atom. The van der Waals surface area contributed by atoms with E-state index in [1.165, 1.54) is 0 Å². The molecule has 1 unspecified atom stereocenters. The minimum absolute atomic E-state index is 0.0173. The third-order valence-corrected chi connectivity index (χ3v) is 2.68. The zero-order valence-electron chi connectivity index (χ0n) is 6.63. The zero-order valence-corrected chi connectivity index (χ0v) is 7.45. The van der Waals surface area contributed by atoms with Gasteiger partial charge in [-0.25, -0.2) is 0 Å². The molecule has 3 nitrogen and oxygen atoms in total. The third-order valence-electron chi connectivity index (χ3n) is 1.48. The smallest absolute Gasteiger partial charge is 0.320 e. The molecule has 1 N–H and O–H groups in total. The van der Waals surface area contributed by atoms with Crippen molar-refractivity contribution < 1.29 is 9.53 Å². The summed E-state index contributed by atoms with van der Waals surface area (Å²) >= 11 is 1.67. The maximum atomic E-state index is 11.1. The Bertz CT molecular complexity index is 134. The van der Waals surface area contributed by atoms with Crippen molar-refractivity contribution in [3.63, 3.8) is 0 Å². The molecule has 0 saturated carbocycles. The van der Waals surface area contributed by atoms with Gasteiger partial charge < -0.3 is 10.1 Å². The fourth-order valence-corrected chi connectivity index (χ4v) is 1.94. The van der Waals surface area contributed by atoms with Crippen LogP contribution >= 0.6 is 11.8 Å². The molecule has 1 atom stereocenters. The predicted octanol–water partition coefficient (Wildman–Crippen LogP) is 0.255. The molecule has 0 aromatic carbocycles. The van der Waals surface area contributed by atoms with Gasteiger partial charge in [-0.15, -0.1) is 11.8 Å². The van der Waals surface area contributed by atoms with E-state index in [0.29, 0.717) is 6.61 Å². The highest BCUT2D eigenvalue weighted by molar-refractivity contribution is 8.00. The summed E-state index contributed by atoms with van der Waals surface area (Å²) in [5.74, 6) is 0.924. The number of rotatable bonds is 2. The van der Waals surface area contributed by atoms with Crippen LogP contribution in [0.3, 0.4) is 0 Å². The van der Waals surface area contributed by atoms with E-state index < -0.39 is 0 Å². The molecule has 1 aliphatic rings. The van der Waals surface area contributed by atoms with Crippen molar-refractivity contribution in [2.45, 2.75) is 12.2 Å². The molecule has 0 aromatic rings. The molecule has 1 rings (SSSR count). The first-order valence-corrected chi connectivity index (χ1v) is 4.88. The number of carbonyl (C=O) groups is 1. The Labute approximate surface area is 70.9 Å². The minimum Gasteiger partial charge on any atom is -0.465 e. The van der Waals surface area contributed by atoms with Crippen LogP contribution in [0.2, 0.25) is 0 Å². The molecule has 0 amide bonds. The van der Waals surface area contributed by atoms with E-state index in [1.54, 1.807) is 11.8 Å². The predicted molar refractivity (Wildman–Crippen MR) is 45.7 cm³/mol. The molecule has 0 aliphatic carbocycles. The highest BCUT2D eigenvalue weighted by Gasteiger charge is 2.22. The second kappa shape index (κ2) is 4.62. The average molecular weight is 175 g/mol. The number of esters is 1. The van der Waals surface area contributed by atoms with Crippen LogP contribution in [0.4, 0.5) is 0 Å². The van der Waals surface area contributed by atoms with Crippen molar-refractivity contribution in [3.05, 3.63) is 0 Å². The first-order chi connectivity index (χ1) is 5.34. The van der Waals surface area contributed by atoms with Crippen molar-refractivity contribution >= 4 is 17.7 Å². The summed E-state index contributed by atoms with van der Waals surface area (Å²) in [6.07, 6.45) is 0. The Balaban J connectivity index is 2.27. The van der Waals surface area contributed by atoms with Crippen molar-refractivity contribution in [2.24, 2.45) is 0 Å². The molecule has 1 fully saturated rings. The second-order valence-electron chi connectivity index (χ2n) is 2.32. The summed E-state index contributed by atoms with van der Waals surface area (Å²) in [5, 5.41) is 3.17. The SMILES string of the molecule is CCOC(=O)C1CNCCS1. The van der Waals surface area contributed by atoms with Gasteiger partial charge in [0.25, 0.3) is 0 Å². The Morgan fingerprint density at radius 1 is 1.82 bits per heavy atom. The van der Waals surface area contributed by atoms with Crippen molar-refractivity contribution in [2.75, 3.05) is 25.4 Å². The zero-order chi connectivity index (χ0) is 8.10. The van der Waals surface area contributed by atoms with Crippen LogP contribution in [-0.2, 0) is 9.53 Å². The van der Waals surface area contributed by atoms with Gasteiger partial charge >= 0.3 is 5.97 Å². The molecular formula is C7H13NO2S. The number of hydrogen-bond acceptors (Lipinski definition) is 4. The molecular weight excluding hydrogens is 162 g/mol. The maximum absolute atomic E-state index is 11.1. The standard InChI is InChI=1S/C7H13NO2S/c1-2-10-7(9)6-5-8-3-4-11-6/h6,8H,2-5H2,1H3. The summed E-state index contributed by atoms with van der Waals surface area (Å²) in [4.78, 5) is 11.1. The Hall–Kier alpha value is -0.220. The van der Waals surface area contributed by atoms with Gasteiger partial charge in [0.1, 0.15) is 5.25 Å². The Morgan fingerprint density at radius 2 is 2.64 bits per heavy atom. The minimum atomic E-state index is -0.0790. The van der Waals surface area contributed by atoms with Crippen LogP contribution in [-0.4, -0.2) is 36.7 Å². The molecule has 11 heavy (non-hydrogen) atoms. The monoisotopic (exact) mass is 175 g/mol. The van der Waals surface area contributed by atoms with E-state index in [9.17, 15) is 4.79 Å². The van der Waals surface area contributed by atoms with Crippen molar-refractivity contribution in [1.82, 2.24) is 5.32 Å². The number of hydrogen-bond donors (Lipinski definition) is 1. The number of thioether (sulfide) groups is 1. The number of carbonyl (C=O) groups excluding carboxylic acids is 1. The summed E-state index contributed by atoms with van der Waals surface area (Å²) in [6, 6.07) is 0. The summed E-state index contributed by atoms with van der Waals surface area (Å²) in [7, 11) is 0. The quantitative estimate of drug-likeness (QED) is 0.611. The highest BCUT2D eigenvalue weighted by atomic mass is 32.2. The lowest BCUT2D eigenvalue weighted by atomic mass is 10.4. The van der Waals surface area contributed by atoms with Gasteiger partial charge in [-0.2, -0.15) is 0 Å². The molecule has 64 valence electrons. The van der Waals surface area contributed by atoms with E-state index in [4.69, 9.17) is 4.74 Å². The summed E-state index contributed by atoms with van der Waals surface area (Å²) < 4.78 is 4.88. The van der Waals surface area contributed by atoms with E-state index in [-0.39, 0.29) is 11.2 Å².